The van der Waals surface area contributed by atoms with Crippen molar-refractivity contribution >= 4 is 24.0 Å². The van der Waals surface area contributed by atoms with Crippen LogP contribution < -0.4 is 5.73 Å². The van der Waals surface area contributed by atoms with E-state index in [0.29, 0.717) is 5.56 Å². The molecule has 0 aliphatic heterocycles. The Morgan fingerprint density at radius 1 is 1.40 bits per heavy atom. The molecule has 112 valence electrons. The standard InChI is InChI=1S/C13H19N3O3.ClH/c1-13(2,9-14)12(17)15(3)8-10-6-4-5-7-11(10)16(18)19;/h4-7H,8-9,14H2,1-3H3;1H. The summed E-state index contributed by atoms with van der Waals surface area (Å²) in [5.41, 5.74) is 5.42. The highest BCUT2D eigenvalue weighted by Crippen LogP contribution is 2.22. The molecule has 0 heterocycles. The number of carbonyl (C=O) groups excluding carboxylic acids is 1. The van der Waals surface area contributed by atoms with Gasteiger partial charge in [-0.15, -0.1) is 12.4 Å². The summed E-state index contributed by atoms with van der Waals surface area (Å²) < 4.78 is 0. The van der Waals surface area contributed by atoms with Crippen LogP contribution in [0.5, 0.6) is 0 Å². The molecule has 0 saturated heterocycles. The molecule has 1 aromatic rings. The van der Waals surface area contributed by atoms with Crippen LogP contribution in [0.1, 0.15) is 19.4 Å². The molecule has 2 N–H and O–H groups in total. The van der Waals surface area contributed by atoms with Gasteiger partial charge in [0.15, 0.2) is 0 Å². The number of amides is 1. The molecule has 1 aromatic carbocycles. The topological polar surface area (TPSA) is 89.5 Å². The van der Waals surface area contributed by atoms with Crippen molar-refractivity contribution in [1.82, 2.24) is 4.90 Å². The number of benzene rings is 1. The molecule has 7 heteroatoms. The SMILES string of the molecule is CN(Cc1ccccc1[N+](=O)[O-])C(=O)C(C)(C)CN.Cl. The first kappa shape index (κ1) is 18.3. The van der Waals surface area contributed by atoms with Gasteiger partial charge in [-0.1, -0.05) is 18.2 Å². The van der Waals surface area contributed by atoms with Crippen LogP contribution in [-0.2, 0) is 11.3 Å². The Hall–Kier alpha value is -1.66. The molecule has 0 unspecified atom stereocenters. The molecule has 0 atom stereocenters. The summed E-state index contributed by atoms with van der Waals surface area (Å²) >= 11 is 0. The third-order valence-electron chi connectivity index (χ3n) is 3.03. The van der Waals surface area contributed by atoms with Crippen molar-refractivity contribution < 1.29 is 9.72 Å². The van der Waals surface area contributed by atoms with Crippen LogP contribution in [0.3, 0.4) is 0 Å². The monoisotopic (exact) mass is 301 g/mol. The van der Waals surface area contributed by atoms with E-state index in [9.17, 15) is 14.9 Å². The Morgan fingerprint density at radius 3 is 2.45 bits per heavy atom. The largest absolute Gasteiger partial charge is 0.341 e. The number of carbonyl (C=O) groups is 1. The molecular formula is C13H20ClN3O3. The predicted octanol–water partition coefficient (Wildman–Crippen LogP) is 1.96. The molecule has 20 heavy (non-hydrogen) atoms. The number of para-hydroxylation sites is 1. The molecule has 0 aliphatic rings. The number of rotatable bonds is 5. The van der Waals surface area contributed by atoms with E-state index >= 15 is 0 Å². The lowest BCUT2D eigenvalue weighted by Crippen LogP contribution is -2.42. The smallest absolute Gasteiger partial charge is 0.274 e. The Labute approximate surface area is 124 Å². The number of hydrogen-bond acceptors (Lipinski definition) is 4. The number of nitro groups is 1. The molecule has 0 spiro atoms. The van der Waals surface area contributed by atoms with Crippen molar-refractivity contribution in [1.29, 1.82) is 0 Å². The number of halogens is 1. The van der Waals surface area contributed by atoms with Crippen LogP contribution in [-0.4, -0.2) is 29.3 Å². The molecule has 0 aliphatic carbocycles. The molecule has 0 aromatic heterocycles. The van der Waals surface area contributed by atoms with Crippen molar-refractivity contribution in [2.45, 2.75) is 20.4 Å². The van der Waals surface area contributed by atoms with Gasteiger partial charge >= 0.3 is 0 Å². The minimum atomic E-state index is -0.668. The van der Waals surface area contributed by atoms with Crippen LogP contribution in [0.25, 0.3) is 0 Å². The highest BCUT2D eigenvalue weighted by atomic mass is 35.5. The van der Waals surface area contributed by atoms with Crippen molar-refractivity contribution in [2.24, 2.45) is 11.1 Å². The van der Waals surface area contributed by atoms with Gasteiger partial charge in [0.05, 0.1) is 16.9 Å². The van der Waals surface area contributed by atoms with Gasteiger partial charge in [0.25, 0.3) is 5.69 Å². The van der Waals surface area contributed by atoms with E-state index in [0.717, 1.165) is 0 Å². The van der Waals surface area contributed by atoms with E-state index < -0.39 is 10.3 Å². The fraction of sp³-hybridized carbons (Fsp3) is 0.462. The minimum absolute atomic E-state index is 0. The lowest BCUT2D eigenvalue weighted by molar-refractivity contribution is -0.385. The summed E-state index contributed by atoms with van der Waals surface area (Å²) in [7, 11) is 1.62. The molecular weight excluding hydrogens is 282 g/mol. The van der Waals surface area contributed by atoms with Crippen molar-refractivity contribution in [3.63, 3.8) is 0 Å². The van der Waals surface area contributed by atoms with Crippen LogP contribution in [0.2, 0.25) is 0 Å². The summed E-state index contributed by atoms with van der Waals surface area (Å²) in [5, 5.41) is 10.9. The number of nitro benzene ring substituents is 1. The van der Waals surface area contributed by atoms with E-state index in [-0.39, 0.29) is 37.1 Å². The highest BCUT2D eigenvalue weighted by molar-refractivity contribution is 5.85. The maximum Gasteiger partial charge on any atom is 0.274 e. The summed E-state index contributed by atoms with van der Waals surface area (Å²) in [6, 6.07) is 6.40. The average Bonchev–Trinajstić information content (AvgIpc) is 2.38. The third-order valence-corrected chi connectivity index (χ3v) is 3.03. The van der Waals surface area contributed by atoms with Crippen LogP contribution in [0.15, 0.2) is 24.3 Å². The van der Waals surface area contributed by atoms with E-state index in [1.807, 2.05) is 0 Å². The zero-order chi connectivity index (χ0) is 14.6. The number of hydrogen-bond donors (Lipinski definition) is 1. The van der Waals surface area contributed by atoms with Crippen LogP contribution >= 0.6 is 12.4 Å². The zero-order valence-corrected chi connectivity index (χ0v) is 12.6. The van der Waals surface area contributed by atoms with E-state index in [1.165, 1.54) is 11.0 Å². The predicted molar refractivity (Wildman–Crippen MR) is 79.7 cm³/mol. The lowest BCUT2D eigenvalue weighted by atomic mass is 9.92. The molecule has 0 radical (unpaired) electrons. The Kier molecular flexibility index (Phi) is 6.61. The first-order valence-electron chi connectivity index (χ1n) is 5.97. The minimum Gasteiger partial charge on any atom is -0.341 e. The summed E-state index contributed by atoms with van der Waals surface area (Å²) in [5.74, 6) is -0.131. The van der Waals surface area contributed by atoms with Crippen LogP contribution in [0, 0.1) is 15.5 Å². The van der Waals surface area contributed by atoms with Crippen molar-refractivity contribution in [2.75, 3.05) is 13.6 Å². The second-order valence-electron chi connectivity index (χ2n) is 5.14. The van der Waals surface area contributed by atoms with Gasteiger partial charge in [-0.2, -0.15) is 0 Å². The normalized spacial score (nSPS) is 10.6. The van der Waals surface area contributed by atoms with E-state index in [2.05, 4.69) is 0 Å². The molecule has 1 amide bonds. The molecule has 1 rings (SSSR count). The van der Waals surface area contributed by atoms with E-state index in [4.69, 9.17) is 5.73 Å². The van der Waals surface area contributed by atoms with Gasteiger partial charge in [0, 0.05) is 25.2 Å². The Bertz CT molecular complexity index is 492. The molecule has 0 fully saturated rings. The van der Waals surface area contributed by atoms with Gasteiger partial charge in [0.2, 0.25) is 5.91 Å². The first-order chi connectivity index (χ1) is 8.79. The summed E-state index contributed by atoms with van der Waals surface area (Å²) in [6.45, 7) is 3.93. The fourth-order valence-electron chi connectivity index (χ4n) is 1.75. The molecule has 6 nitrogen and oxygen atoms in total. The van der Waals surface area contributed by atoms with Crippen molar-refractivity contribution in [3.05, 3.63) is 39.9 Å². The quantitative estimate of drug-likeness (QED) is 0.665. The van der Waals surface area contributed by atoms with Crippen molar-refractivity contribution in [3.8, 4) is 0 Å². The number of nitrogens with zero attached hydrogens (tertiary/aromatic N) is 2. The Morgan fingerprint density at radius 2 is 1.95 bits per heavy atom. The second kappa shape index (κ2) is 7.21. The first-order valence-corrected chi connectivity index (χ1v) is 5.97. The second-order valence-corrected chi connectivity index (χ2v) is 5.14. The molecule has 0 bridgehead atoms. The van der Waals surface area contributed by atoms with Gasteiger partial charge in [-0.3, -0.25) is 14.9 Å². The average molecular weight is 302 g/mol. The maximum absolute atomic E-state index is 12.2. The van der Waals surface area contributed by atoms with Gasteiger partial charge in [0.1, 0.15) is 0 Å². The summed E-state index contributed by atoms with van der Waals surface area (Å²) in [6.07, 6.45) is 0. The van der Waals surface area contributed by atoms with E-state index in [1.54, 1.807) is 39.1 Å². The van der Waals surface area contributed by atoms with Gasteiger partial charge < -0.3 is 10.6 Å². The lowest BCUT2D eigenvalue weighted by Gasteiger charge is -2.28. The summed E-state index contributed by atoms with van der Waals surface area (Å²) in [4.78, 5) is 24.1. The fourth-order valence-corrected chi connectivity index (χ4v) is 1.75. The van der Waals surface area contributed by atoms with Crippen LogP contribution in [0.4, 0.5) is 5.69 Å². The zero-order valence-electron chi connectivity index (χ0n) is 11.8. The Balaban J connectivity index is 0.00000361. The third kappa shape index (κ3) is 4.18. The highest BCUT2D eigenvalue weighted by Gasteiger charge is 2.29. The maximum atomic E-state index is 12.2. The number of nitrogens with two attached hydrogens (primary N) is 1. The van der Waals surface area contributed by atoms with Gasteiger partial charge in [-0.25, -0.2) is 0 Å². The van der Waals surface area contributed by atoms with Gasteiger partial charge in [-0.05, 0) is 13.8 Å². The molecule has 0 saturated carbocycles.